The van der Waals surface area contributed by atoms with Crippen molar-refractivity contribution in [2.45, 2.75) is 18.7 Å². The van der Waals surface area contributed by atoms with E-state index in [-0.39, 0.29) is 23.9 Å². The molecule has 7 nitrogen and oxygen atoms in total. The molecule has 2 aromatic rings. The predicted molar refractivity (Wildman–Crippen MR) is 95.5 cm³/mol. The molecule has 0 spiro atoms. The quantitative estimate of drug-likeness (QED) is 0.416. The zero-order valence-corrected chi connectivity index (χ0v) is 14.5. The highest BCUT2D eigenvalue weighted by molar-refractivity contribution is 7.89. The summed E-state index contributed by atoms with van der Waals surface area (Å²) in [5, 5.41) is 2.99. The lowest BCUT2D eigenvalue weighted by molar-refractivity contribution is 0.582. The number of guanidine groups is 1. The summed E-state index contributed by atoms with van der Waals surface area (Å²) in [5.74, 6) is 0.237. The van der Waals surface area contributed by atoms with Gasteiger partial charge < -0.3 is 11.1 Å². The van der Waals surface area contributed by atoms with Crippen LogP contribution in [0.3, 0.4) is 0 Å². The fourth-order valence-electron chi connectivity index (χ4n) is 2.18. The number of pyridine rings is 1. The van der Waals surface area contributed by atoms with Crippen molar-refractivity contribution >= 4 is 21.7 Å². The fourth-order valence-corrected chi connectivity index (χ4v) is 3.16. The van der Waals surface area contributed by atoms with E-state index < -0.39 is 10.0 Å². The number of nitrogens with zero attached hydrogens (tertiary/aromatic N) is 2. The third-order valence-corrected chi connectivity index (χ3v) is 4.57. The lowest BCUT2D eigenvalue weighted by atomic mass is 10.1. The molecule has 2 rings (SSSR count). The van der Waals surface area contributed by atoms with Crippen LogP contribution in [0.15, 0.2) is 52.6 Å². The molecule has 0 atom stereocenters. The van der Waals surface area contributed by atoms with E-state index in [9.17, 15) is 8.42 Å². The first-order valence-corrected chi connectivity index (χ1v) is 8.90. The van der Waals surface area contributed by atoms with E-state index in [1.54, 1.807) is 6.07 Å². The molecular weight excluding hydrogens is 326 g/mol. The van der Waals surface area contributed by atoms with Gasteiger partial charge in [0, 0.05) is 24.6 Å². The van der Waals surface area contributed by atoms with Crippen molar-refractivity contribution < 1.29 is 8.42 Å². The van der Waals surface area contributed by atoms with Gasteiger partial charge in [0.2, 0.25) is 10.0 Å². The Hall–Kier alpha value is -2.45. The van der Waals surface area contributed by atoms with E-state index in [1.165, 1.54) is 18.5 Å². The Labute approximate surface area is 142 Å². The van der Waals surface area contributed by atoms with Gasteiger partial charge in [-0.15, -0.1) is 0 Å². The van der Waals surface area contributed by atoms with Crippen molar-refractivity contribution in [1.82, 2.24) is 9.71 Å². The van der Waals surface area contributed by atoms with Crippen LogP contribution < -0.4 is 15.8 Å². The number of hydrogen-bond acceptors (Lipinski definition) is 4. The maximum atomic E-state index is 12.0. The van der Waals surface area contributed by atoms with E-state index in [0.29, 0.717) is 0 Å². The molecule has 1 aromatic heterocycles. The lowest BCUT2D eigenvalue weighted by Gasteiger charge is -2.08. The Kier molecular flexibility index (Phi) is 5.88. The van der Waals surface area contributed by atoms with Gasteiger partial charge in [0.25, 0.3) is 0 Å². The van der Waals surface area contributed by atoms with Gasteiger partial charge in [-0.3, -0.25) is 9.98 Å². The molecule has 1 aromatic carbocycles. The lowest BCUT2D eigenvalue weighted by Crippen LogP contribution is -2.28. The van der Waals surface area contributed by atoms with E-state index in [4.69, 9.17) is 5.73 Å². The molecule has 128 valence electrons. The van der Waals surface area contributed by atoms with Crippen LogP contribution in [0.5, 0.6) is 0 Å². The average Bonchev–Trinajstić information content (AvgIpc) is 2.51. The molecule has 4 N–H and O–H groups in total. The number of sulfonamides is 1. The van der Waals surface area contributed by atoms with Crippen LogP contribution in [0, 0.1) is 13.8 Å². The Morgan fingerprint density at radius 3 is 2.58 bits per heavy atom. The number of aryl methyl sites for hydroxylation is 2. The maximum absolute atomic E-state index is 12.0. The van der Waals surface area contributed by atoms with Gasteiger partial charge in [0.1, 0.15) is 4.90 Å². The SMILES string of the molecule is Cc1cc(C)cc(NC(N)=NCCNS(=O)(=O)c2cccnc2)c1. The predicted octanol–water partition coefficient (Wildman–Crippen LogP) is 1.40. The van der Waals surface area contributed by atoms with Crippen LogP contribution in [-0.4, -0.2) is 32.5 Å². The van der Waals surface area contributed by atoms with E-state index >= 15 is 0 Å². The molecule has 0 aliphatic rings. The van der Waals surface area contributed by atoms with Crippen LogP contribution in [0.1, 0.15) is 11.1 Å². The third kappa shape index (κ3) is 5.32. The molecule has 0 aliphatic heterocycles. The summed E-state index contributed by atoms with van der Waals surface area (Å²) in [4.78, 5) is 8.03. The molecular formula is C16H21N5O2S. The van der Waals surface area contributed by atoms with Crippen LogP contribution in [0.2, 0.25) is 0 Å². The summed E-state index contributed by atoms with van der Waals surface area (Å²) in [6.45, 7) is 4.37. The van der Waals surface area contributed by atoms with Crippen molar-refractivity contribution in [2.75, 3.05) is 18.4 Å². The normalized spacial score (nSPS) is 12.2. The van der Waals surface area contributed by atoms with Crippen molar-refractivity contribution in [3.05, 3.63) is 53.9 Å². The molecule has 0 unspecified atom stereocenters. The van der Waals surface area contributed by atoms with Gasteiger partial charge in [-0.2, -0.15) is 0 Å². The summed E-state index contributed by atoms with van der Waals surface area (Å²) < 4.78 is 26.4. The Bertz CT molecular complexity index is 799. The number of aliphatic imine (C=N–C) groups is 1. The molecule has 0 bridgehead atoms. The van der Waals surface area contributed by atoms with Crippen LogP contribution >= 0.6 is 0 Å². The molecule has 0 fully saturated rings. The molecule has 8 heteroatoms. The minimum atomic E-state index is -3.57. The summed E-state index contributed by atoms with van der Waals surface area (Å²) in [6, 6.07) is 9.03. The summed E-state index contributed by atoms with van der Waals surface area (Å²) in [7, 11) is -3.57. The highest BCUT2D eigenvalue weighted by Crippen LogP contribution is 2.13. The highest BCUT2D eigenvalue weighted by atomic mass is 32.2. The Morgan fingerprint density at radius 1 is 1.25 bits per heavy atom. The topological polar surface area (TPSA) is 109 Å². The second kappa shape index (κ2) is 7.89. The van der Waals surface area contributed by atoms with Crippen molar-refractivity contribution in [3.8, 4) is 0 Å². The molecule has 0 radical (unpaired) electrons. The summed E-state index contributed by atoms with van der Waals surface area (Å²) in [6.07, 6.45) is 2.81. The van der Waals surface area contributed by atoms with E-state index in [1.807, 2.05) is 26.0 Å². The minimum absolute atomic E-state index is 0.121. The molecule has 1 heterocycles. The van der Waals surface area contributed by atoms with Gasteiger partial charge in [-0.05, 0) is 49.2 Å². The number of nitrogens with one attached hydrogen (secondary N) is 2. The number of nitrogens with two attached hydrogens (primary N) is 1. The summed E-state index contributed by atoms with van der Waals surface area (Å²) in [5.41, 5.74) is 8.91. The van der Waals surface area contributed by atoms with E-state index in [0.717, 1.165) is 16.8 Å². The van der Waals surface area contributed by atoms with Gasteiger partial charge in [0.05, 0.1) is 6.54 Å². The van der Waals surface area contributed by atoms with Gasteiger partial charge in [0.15, 0.2) is 5.96 Å². The summed E-state index contributed by atoms with van der Waals surface area (Å²) >= 11 is 0. The largest absolute Gasteiger partial charge is 0.370 e. The van der Waals surface area contributed by atoms with Crippen LogP contribution in [-0.2, 0) is 10.0 Å². The smallest absolute Gasteiger partial charge is 0.242 e. The molecule has 0 amide bonds. The number of anilines is 1. The zero-order valence-electron chi connectivity index (χ0n) is 13.7. The number of benzene rings is 1. The van der Waals surface area contributed by atoms with Gasteiger partial charge >= 0.3 is 0 Å². The maximum Gasteiger partial charge on any atom is 0.242 e. The van der Waals surface area contributed by atoms with Crippen molar-refractivity contribution in [1.29, 1.82) is 0 Å². The monoisotopic (exact) mass is 347 g/mol. The number of rotatable bonds is 6. The Morgan fingerprint density at radius 2 is 1.96 bits per heavy atom. The van der Waals surface area contributed by atoms with Gasteiger partial charge in [-0.25, -0.2) is 13.1 Å². The van der Waals surface area contributed by atoms with Crippen LogP contribution in [0.25, 0.3) is 0 Å². The third-order valence-electron chi connectivity index (χ3n) is 3.12. The first-order valence-electron chi connectivity index (χ1n) is 7.42. The molecule has 0 saturated heterocycles. The average molecular weight is 347 g/mol. The Balaban J connectivity index is 1.87. The number of hydrogen-bond donors (Lipinski definition) is 3. The first kappa shape index (κ1) is 17.9. The molecule has 24 heavy (non-hydrogen) atoms. The second-order valence-corrected chi connectivity index (χ2v) is 7.12. The highest BCUT2D eigenvalue weighted by Gasteiger charge is 2.12. The minimum Gasteiger partial charge on any atom is -0.370 e. The first-order chi connectivity index (χ1) is 11.4. The second-order valence-electron chi connectivity index (χ2n) is 5.35. The van der Waals surface area contributed by atoms with Crippen molar-refractivity contribution in [3.63, 3.8) is 0 Å². The van der Waals surface area contributed by atoms with Gasteiger partial charge in [-0.1, -0.05) is 6.07 Å². The standard InChI is InChI=1S/C16H21N5O2S/c1-12-8-13(2)10-14(9-12)21-16(17)19-6-7-20-24(22,23)15-4-3-5-18-11-15/h3-5,8-11,20H,6-7H2,1-2H3,(H3,17,19,21). The zero-order chi connectivity index (χ0) is 17.6. The number of aromatic nitrogens is 1. The molecule has 0 aliphatic carbocycles. The van der Waals surface area contributed by atoms with Crippen LogP contribution in [0.4, 0.5) is 5.69 Å². The fraction of sp³-hybridized carbons (Fsp3) is 0.250. The van der Waals surface area contributed by atoms with Crippen molar-refractivity contribution in [2.24, 2.45) is 10.7 Å². The molecule has 0 saturated carbocycles. The van der Waals surface area contributed by atoms with E-state index in [2.05, 4.69) is 26.1 Å².